The number of fused-ring (bicyclic) bond motifs is 8. The van der Waals surface area contributed by atoms with Gasteiger partial charge in [-0.15, -0.1) is 0 Å². The quantitative estimate of drug-likeness (QED) is 0.188. The topological polar surface area (TPSA) is 75.8 Å². The van der Waals surface area contributed by atoms with E-state index in [4.69, 9.17) is 19.4 Å². The molecule has 0 atom stereocenters. The Morgan fingerprint density at radius 1 is 0.429 bits per heavy atom. The van der Waals surface area contributed by atoms with Crippen molar-refractivity contribution in [1.29, 1.82) is 0 Å². The first kappa shape index (κ1) is 38.9. The molecule has 0 saturated carbocycles. The van der Waals surface area contributed by atoms with E-state index in [1.54, 1.807) is 14.2 Å². The van der Waals surface area contributed by atoms with Crippen LogP contribution in [0.15, 0.2) is 60.7 Å². The molecule has 0 aliphatic carbocycles. The molecular formula is C50H58N4O2. The second-order valence-corrected chi connectivity index (χ2v) is 19.4. The second kappa shape index (κ2) is 13.7. The molecule has 6 heteroatoms. The molecular weight excluding hydrogens is 689 g/mol. The van der Waals surface area contributed by atoms with Gasteiger partial charge in [-0.2, -0.15) is 0 Å². The summed E-state index contributed by atoms with van der Waals surface area (Å²) in [6.07, 6.45) is 8.47. The van der Waals surface area contributed by atoms with Crippen LogP contribution in [0.25, 0.3) is 68.6 Å². The summed E-state index contributed by atoms with van der Waals surface area (Å²) in [7, 11) is 3.57. The van der Waals surface area contributed by atoms with Gasteiger partial charge in [0.1, 0.15) is 11.5 Å². The van der Waals surface area contributed by atoms with Crippen LogP contribution in [-0.4, -0.2) is 34.2 Å². The minimum absolute atomic E-state index is 0.149. The molecule has 0 spiro atoms. The summed E-state index contributed by atoms with van der Waals surface area (Å²) in [5, 5.41) is 0. The highest BCUT2D eigenvalue weighted by atomic mass is 16.5. The Bertz CT molecular complexity index is 2330. The Labute approximate surface area is 333 Å². The first-order valence-electron chi connectivity index (χ1n) is 19.7. The zero-order valence-corrected chi connectivity index (χ0v) is 35.8. The van der Waals surface area contributed by atoms with E-state index in [0.29, 0.717) is 0 Å². The average molecular weight is 747 g/mol. The first-order valence-corrected chi connectivity index (χ1v) is 19.7. The second-order valence-electron chi connectivity index (χ2n) is 19.4. The van der Waals surface area contributed by atoms with Crippen molar-refractivity contribution in [1.82, 2.24) is 19.9 Å². The Hall–Kier alpha value is -5.36. The Balaban J connectivity index is 1.56. The number of methoxy groups -OCH3 is 2. The number of H-pyrrole nitrogens is 2. The third-order valence-electron chi connectivity index (χ3n) is 10.8. The van der Waals surface area contributed by atoms with Gasteiger partial charge >= 0.3 is 0 Å². The fraction of sp³-hybridized carbons (Fsp3) is 0.360. The molecule has 2 N–H and O–H groups in total. The molecule has 56 heavy (non-hydrogen) atoms. The maximum Gasteiger partial charge on any atom is 0.126 e. The lowest BCUT2D eigenvalue weighted by Gasteiger charge is -2.30. The number of aromatic amines is 2. The molecule has 2 aliphatic heterocycles. The van der Waals surface area contributed by atoms with Gasteiger partial charge < -0.3 is 19.4 Å². The van der Waals surface area contributed by atoms with E-state index in [-0.39, 0.29) is 21.7 Å². The van der Waals surface area contributed by atoms with Crippen molar-refractivity contribution in [3.63, 3.8) is 0 Å². The van der Waals surface area contributed by atoms with E-state index in [2.05, 4.69) is 178 Å². The van der Waals surface area contributed by atoms with Crippen molar-refractivity contribution in [3.05, 3.63) is 106 Å². The van der Waals surface area contributed by atoms with Gasteiger partial charge in [-0.3, -0.25) is 0 Å². The zero-order chi connectivity index (χ0) is 40.5. The third-order valence-corrected chi connectivity index (χ3v) is 10.8. The summed E-state index contributed by atoms with van der Waals surface area (Å²) in [5.41, 5.74) is 15.8. The number of aromatic nitrogens is 4. The van der Waals surface area contributed by atoms with Crippen LogP contribution in [-0.2, 0) is 21.7 Å². The van der Waals surface area contributed by atoms with E-state index < -0.39 is 0 Å². The monoisotopic (exact) mass is 746 g/mol. The first-order chi connectivity index (χ1) is 26.1. The van der Waals surface area contributed by atoms with Crippen molar-refractivity contribution in [2.45, 2.75) is 105 Å². The fourth-order valence-corrected chi connectivity index (χ4v) is 7.90. The molecule has 5 heterocycles. The van der Waals surface area contributed by atoms with Crippen LogP contribution < -0.4 is 9.47 Å². The van der Waals surface area contributed by atoms with Crippen LogP contribution in [0.1, 0.15) is 128 Å². The Morgan fingerprint density at radius 3 is 1.04 bits per heavy atom. The highest BCUT2D eigenvalue weighted by Crippen LogP contribution is 2.46. The predicted molar refractivity (Wildman–Crippen MR) is 238 cm³/mol. The molecule has 5 aromatic rings. The molecule has 6 nitrogen and oxygen atoms in total. The molecule has 290 valence electrons. The molecule has 0 amide bonds. The molecule has 0 radical (unpaired) electrons. The SMILES string of the molecule is COc1c(C(C)(C)C)cc(-c2c3nc(cc4ccc([nH]4)c(-c4cc(C(C)(C)C)c(OC)c(C(C)(C)C)c4)c4nc(cc5ccc2[nH]5)C=C4)C=C3)cc1C(C)(C)C. The lowest BCUT2D eigenvalue weighted by Crippen LogP contribution is -2.19. The summed E-state index contributed by atoms with van der Waals surface area (Å²) < 4.78 is 12.3. The number of benzene rings is 2. The normalized spacial score (nSPS) is 13.4. The smallest absolute Gasteiger partial charge is 0.126 e. The van der Waals surface area contributed by atoms with E-state index in [0.717, 1.165) is 78.6 Å². The molecule has 0 fully saturated rings. The highest BCUT2D eigenvalue weighted by Gasteiger charge is 2.30. The maximum absolute atomic E-state index is 6.14. The van der Waals surface area contributed by atoms with Gasteiger partial charge in [0.05, 0.1) is 37.0 Å². The van der Waals surface area contributed by atoms with E-state index in [9.17, 15) is 0 Å². The van der Waals surface area contributed by atoms with Crippen LogP contribution >= 0.6 is 0 Å². The standard InChI is InChI=1S/C50H58N4O2/c1-47(2,3)35-23-29(24-36(45(35)55-13)48(4,5)6)43-39-19-15-31(51-39)27-33-17-21-41(53-33)44(42-22-18-34(54-42)28-32-16-20-40(43)52-32)30-25-37(49(7,8)9)46(56-14)38(26-30)50(10,11)12/h15-28,51,54H,1-14H3. The van der Waals surface area contributed by atoms with E-state index in [1.807, 2.05) is 0 Å². The number of rotatable bonds is 4. The highest BCUT2D eigenvalue weighted by molar-refractivity contribution is 5.94. The van der Waals surface area contributed by atoms with Crippen molar-refractivity contribution >= 4 is 46.4 Å². The van der Waals surface area contributed by atoms with Gasteiger partial charge in [-0.1, -0.05) is 83.1 Å². The number of nitrogens with zero attached hydrogens (tertiary/aromatic N) is 2. The van der Waals surface area contributed by atoms with Crippen molar-refractivity contribution in [2.75, 3.05) is 14.2 Å². The van der Waals surface area contributed by atoms with Crippen LogP contribution in [0.2, 0.25) is 0 Å². The molecule has 7 rings (SSSR count). The van der Waals surface area contributed by atoms with E-state index >= 15 is 0 Å². The van der Waals surface area contributed by atoms with Crippen LogP contribution in [0.5, 0.6) is 11.5 Å². The lowest BCUT2D eigenvalue weighted by molar-refractivity contribution is 0.381. The molecule has 8 bridgehead atoms. The van der Waals surface area contributed by atoms with Crippen LogP contribution in [0.3, 0.4) is 0 Å². The molecule has 3 aromatic heterocycles. The largest absolute Gasteiger partial charge is 0.496 e. The molecule has 2 aliphatic rings. The minimum Gasteiger partial charge on any atom is -0.496 e. The molecule has 0 unspecified atom stereocenters. The minimum atomic E-state index is -0.149. The molecule has 2 aromatic carbocycles. The van der Waals surface area contributed by atoms with Gasteiger partial charge in [0.15, 0.2) is 0 Å². The Morgan fingerprint density at radius 2 is 0.750 bits per heavy atom. The van der Waals surface area contributed by atoms with Gasteiger partial charge in [-0.25, -0.2) is 9.97 Å². The number of hydrogen-bond donors (Lipinski definition) is 2. The van der Waals surface area contributed by atoms with Gasteiger partial charge in [-0.05, 0) is 118 Å². The number of nitrogens with one attached hydrogen (secondary N) is 2. The van der Waals surface area contributed by atoms with E-state index in [1.165, 1.54) is 22.3 Å². The van der Waals surface area contributed by atoms with Crippen molar-refractivity contribution in [2.24, 2.45) is 0 Å². The van der Waals surface area contributed by atoms with Crippen molar-refractivity contribution < 1.29 is 9.47 Å². The van der Waals surface area contributed by atoms with Gasteiger partial charge in [0, 0.05) is 55.4 Å². The number of hydrogen-bond acceptors (Lipinski definition) is 4. The van der Waals surface area contributed by atoms with Gasteiger partial charge in [0.2, 0.25) is 0 Å². The lowest BCUT2D eigenvalue weighted by atomic mass is 9.77. The van der Waals surface area contributed by atoms with Crippen LogP contribution in [0, 0.1) is 0 Å². The summed E-state index contributed by atoms with van der Waals surface area (Å²) in [6.45, 7) is 27.0. The zero-order valence-electron chi connectivity index (χ0n) is 35.8. The average Bonchev–Trinajstić information content (AvgIpc) is 3.93. The van der Waals surface area contributed by atoms with Gasteiger partial charge in [0.25, 0.3) is 0 Å². The number of ether oxygens (including phenoxy) is 2. The summed E-state index contributed by atoms with van der Waals surface area (Å²) in [4.78, 5) is 18.0. The van der Waals surface area contributed by atoms with Crippen molar-refractivity contribution in [3.8, 4) is 33.8 Å². The molecule has 0 saturated heterocycles. The Kier molecular flexibility index (Phi) is 9.50. The third kappa shape index (κ3) is 7.34. The maximum atomic E-state index is 6.14. The van der Waals surface area contributed by atoms with Crippen LogP contribution in [0.4, 0.5) is 0 Å². The summed E-state index contributed by atoms with van der Waals surface area (Å²) >= 11 is 0. The summed E-state index contributed by atoms with van der Waals surface area (Å²) in [6, 6.07) is 22.0. The fourth-order valence-electron chi connectivity index (χ4n) is 7.90. The summed E-state index contributed by atoms with van der Waals surface area (Å²) in [5.74, 6) is 1.89. The predicted octanol–water partition coefficient (Wildman–Crippen LogP) is 13.2.